The molecular weight excluding hydrogens is 236 g/mol. The quantitative estimate of drug-likeness (QED) is 0.639. The molecule has 3 nitrogen and oxygen atoms in total. The number of hydrogen-bond donors (Lipinski definition) is 1. The Morgan fingerprint density at radius 3 is 2.68 bits per heavy atom. The summed E-state index contributed by atoms with van der Waals surface area (Å²) in [6, 6.07) is 10.1. The molecule has 0 spiro atoms. The van der Waals surface area contributed by atoms with Gasteiger partial charge in [-0.3, -0.25) is 4.79 Å². The van der Waals surface area contributed by atoms with Crippen LogP contribution in [0.2, 0.25) is 0 Å². The summed E-state index contributed by atoms with van der Waals surface area (Å²) < 4.78 is 0. The van der Waals surface area contributed by atoms with Crippen LogP contribution in [0.3, 0.4) is 0 Å². The minimum atomic E-state index is -0.00378. The highest BCUT2D eigenvalue weighted by molar-refractivity contribution is 5.77. The first kappa shape index (κ1) is 13.8. The molecule has 0 unspecified atom stereocenters. The molecule has 1 aromatic rings. The number of nitrogens with zero attached hydrogens (tertiary/aromatic N) is 1. The molecule has 0 saturated heterocycles. The molecule has 0 aromatic heterocycles. The van der Waals surface area contributed by atoms with Gasteiger partial charge in [0.15, 0.2) is 0 Å². The van der Waals surface area contributed by atoms with Crippen molar-refractivity contribution in [2.45, 2.75) is 44.9 Å². The zero-order valence-corrected chi connectivity index (χ0v) is 11.3. The average molecular weight is 258 g/mol. The Hall–Kier alpha value is -1.64. The van der Waals surface area contributed by atoms with E-state index in [-0.39, 0.29) is 5.91 Å². The van der Waals surface area contributed by atoms with E-state index >= 15 is 0 Å². The van der Waals surface area contributed by atoms with E-state index in [9.17, 15) is 4.79 Å². The predicted octanol–water partition coefficient (Wildman–Crippen LogP) is 3.30. The van der Waals surface area contributed by atoms with Gasteiger partial charge < -0.3 is 0 Å². The predicted molar refractivity (Wildman–Crippen MR) is 78.0 cm³/mol. The van der Waals surface area contributed by atoms with Gasteiger partial charge in [-0.25, -0.2) is 5.43 Å². The van der Waals surface area contributed by atoms with E-state index < -0.39 is 0 Å². The fraction of sp³-hybridized carbons (Fsp3) is 0.500. The lowest BCUT2D eigenvalue weighted by atomic mass is 9.90. The van der Waals surface area contributed by atoms with Crippen LogP contribution < -0.4 is 5.43 Å². The molecule has 0 heterocycles. The first-order chi connectivity index (χ1) is 9.34. The van der Waals surface area contributed by atoms with Crippen molar-refractivity contribution in [1.82, 2.24) is 5.43 Å². The van der Waals surface area contributed by atoms with Crippen molar-refractivity contribution in [1.29, 1.82) is 0 Å². The minimum Gasteiger partial charge on any atom is -0.273 e. The van der Waals surface area contributed by atoms with Crippen LogP contribution in [0.1, 0.15) is 44.1 Å². The van der Waals surface area contributed by atoms with Crippen molar-refractivity contribution < 1.29 is 4.79 Å². The number of aryl methyl sites for hydroxylation is 1. The summed E-state index contributed by atoms with van der Waals surface area (Å²) in [6.07, 6.45) is 9.52. The van der Waals surface area contributed by atoms with Gasteiger partial charge >= 0.3 is 0 Å². The van der Waals surface area contributed by atoms with E-state index in [0.717, 1.165) is 6.42 Å². The monoisotopic (exact) mass is 258 g/mol. The van der Waals surface area contributed by atoms with Crippen LogP contribution in [0.5, 0.6) is 0 Å². The van der Waals surface area contributed by atoms with Gasteiger partial charge in [0.1, 0.15) is 0 Å². The second-order valence-corrected chi connectivity index (χ2v) is 5.20. The highest BCUT2D eigenvalue weighted by atomic mass is 16.2. The van der Waals surface area contributed by atoms with E-state index in [1.807, 2.05) is 36.5 Å². The maximum atomic E-state index is 11.6. The molecule has 19 heavy (non-hydrogen) atoms. The van der Waals surface area contributed by atoms with Gasteiger partial charge in [0.2, 0.25) is 5.91 Å². The van der Waals surface area contributed by atoms with Crippen LogP contribution >= 0.6 is 0 Å². The van der Waals surface area contributed by atoms with Crippen molar-refractivity contribution in [2.75, 3.05) is 0 Å². The number of carbonyl (C=O) groups is 1. The summed E-state index contributed by atoms with van der Waals surface area (Å²) in [5.74, 6) is 0.555. The Morgan fingerprint density at radius 1 is 1.21 bits per heavy atom. The molecule has 0 atom stereocenters. The summed E-state index contributed by atoms with van der Waals surface area (Å²) in [6.45, 7) is 0. The topological polar surface area (TPSA) is 41.5 Å². The van der Waals surface area contributed by atoms with E-state index in [4.69, 9.17) is 0 Å². The van der Waals surface area contributed by atoms with Crippen LogP contribution in [-0.2, 0) is 11.2 Å². The Kier molecular flexibility index (Phi) is 5.60. The standard InChI is InChI=1S/C16H22N2O/c19-16(12-11-14-7-3-1-4-8-14)18-17-13-15-9-5-2-6-10-15/h1,3-4,7-8,13,15H,2,5-6,9-12H2,(H,18,19)/b17-13+. The van der Waals surface area contributed by atoms with Gasteiger partial charge in [0, 0.05) is 12.6 Å². The second kappa shape index (κ2) is 7.72. The first-order valence-corrected chi connectivity index (χ1v) is 7.20. The van der Waals surface area contributed by atoms with Gasteiger partial charge in [-0.1, -0.05) is 49.6 Å². The average Bonchev–Trinajstić information content (AvgIpc) is 2.47. The summed E-state index contributed by atoms with van der Waals surface area (Å²) in [5, 5.41) is 4.08. The van der Waals surface area contributed by atoms with Gasteiger partial charge in [0.05, 0.1) is 0 Å². The van der Waals surface area contributed by atoms with E-state index in [1.54, 1.807) is 0 Å². The van der Waals surface area contributed by atoms with Crippen molar-refractivity contribution in [2.24, 2.45) is 11.0 Å². The lowest BCUT2D eigenvalue weighted by Gasteiger charge is -2.16. The molecule has 1 fully saturated rings. The zero-order chi connectivity index (χ0) is 13.3. The van der Waals surface area contributed by atoms with Gasteiger partial charge in [0.25, 0.3) is 0 Å². The number of carbonyl (C=O) groups excluding carboxylic acids is 1. The van der Waals surface area contributed by atoms with Crippen LogP contribution in [-0.4, -0.2) is 12.1 Å². The van der Waals surface area contributed by atoms with Crippen molar-refractivity contribution in [3.8, 4) is 0 Å². The third-order valence-corrected chi connectivity index (χ3v) is 3.61. The second-order valence-electron chi connectivity index (χ2n) is 5.20. The van der Waals surface area contributed by atoms with Gasteiger partial charge in [-0.15, -0.1) is 0 Å². The third kappa shape index (κ3) is 5.25. The molecule has 0 aliphatic heterocycles. The first-order valence-electron chi connectivity index (χ1n) is 7.20. The number of hydrazone groups is 1. The molecule has 1 N–H and O–H groups in total. The number of amides is 1. The smallest absolute Gasteiger partial charge is 0.240 e. The number of benzene rings is 1. The maximum absolute atomic E-state index is 11.6. The molecule has 1 aliphatic rings. The number of hydrogen-bond acceptors (Lipinski definition) is 2. The Bertz CT molecular complexity index is 408. The Balaban J connectivity index is 1.65. The van der Waals surface area contributed by atoms with E-state index in [1.165, 1.54) is 37.7 Å². The molecule has 0 bridgehead atoms. The highest BCUT2D eigenvalue weighted by Gasteiger charge is 2.10. The van der Waals surface area contributed by atoms with Crippen LogP contribution in [0.15, 0.2) is 35.4 Å². The molecule has 1 aromatic carbocycles. The number of rotatable bonds is 5. The fourth-order valence-corrected chi connectivity index (χ4v) is 2.46. The maximum Gasteiger partial charge on any atom is 0.240 e. The van der Waals surface area contributed by atoms with Gasteiger partial charge in [-0.05, 0) is 30.7 Å². The Labute approximate surface area is 115 Å². The molecule has 1 aliphatic carbocycles. The lowest BCUT2D eigenvalue weighted by molar-refractivity contribution is -0.121. The molecule has 2 rings (SSSR count). The molecule has 102 valence electrons. The zero-order valence-electron chi connectivity index (χ0n) is 11.3. The summed E-state index contributed by atoms with van der Waals surface area (Å²) >= 11 is 0. The fourth-order valence-electron chi connectivity index (χ4n) is 2.46. The summed E-state index contributed by atoms with van der Waals surface area (Å²) in [4.78, 5) is 11.6. The molecule has 3 heteroatoms. The van der Waals surface area contributed by atoms with Crippen molar-refractivity contribution >= 4 is 12.1 Å². The number of nitrogens with one attached hydrogen (secondary N) is 1. The Morgan fingerprint density at radius 2 is 1.95 bits per heavy atom. The van der Waals surface area contributed by atoms with E-state index in [0.29, 0.717) is 12.3 Å². The lowest BCUT2D eigenvalue weighted by Crippen LogP contribution is -2.19. The molecule has 0 radical (unpaired) electrons. The minimum absolute atomic E-state index is 0.00378. The van der Waals surface area contributed by atoms with Gasteiger partial charge in [-0.2, -0.15) is 5.10 Å². The van der Waals surface area contributed by atoms with Crippen LogP contribution in [0.4, 0.5) is 0 Å². The highest BCUT2D eigenvalue weighted by Crippen LogP contribution is 2.21. The van der Waals surface area contributed by atoms with Crippen molar-refractivity contribution in [3.63, 3.8) is 0 Å². The summed E-state index contributed by atoms with van der Waals surface area (Å²) in [5.41, 5.74) is 3.82. The van der Waals surface area contributed by atoms with Crippen molar-refractivity contribution in [3.05, 3.63) is 35.9 Å². The molecule has 1 amide bonds. The summed E-state index contributed by atoms with van der Waals surface area (Å²) in [7, 11) is 0. The third-order valence-electron chi connectivity index (χ3n) is 3.61. The van der Waals surface area contributed by atoms with Crippen LogP contribution in [0, 0.1) is 5.92 Å². The van der Waals surface area contributed by atoms with E-state index in [2.05, 4.69) is 10.5 Å². The van der Waals surface area contributed by atoms with Crippen LogP contribution in [0.25, 0.3) is 0 Å². The molecular formula is C16H22N2O. The largest absolute Gasteiger partial charge is 0.273 e. The SMILES string of the molecule is O=C(CCc1ccccc1)N/N=C/C1CCCCC1. The normalized spacial score (nSPS) is 16.6. The molecule has 1 saturated carbocycles.